The molecule has 3 N–H and O–H groups in total. The number of amides is 2. The van der Waals surface area contributed by atoms with Gasteiger partial charge in [-0.2, -0.15) is 0 Å². The number of nitrogens with one attached hydrogen (secondary N) is 2. The fraction of sp³-hybridized carbons (Fsp3) is 0.250. The van der Waals surface area contributed by atoms with E-state index in [1.807, 2.05) is 0 Å². The van der Waals surface area contributed by atoms with Crippen molar-refractivity contribution in [3.05, 3.63) is 30.1 Å². The molecule has 0 aromatic heterocycles. The molecular formula is C12H13FN2O4S. The van der Waals surface area contributed by atoms with Gasteiger partial charge in [0.2, 0.25) is 11.8 Å². The summed E-state index contributed by atoms with van der Waals surface area (Å²) in [6, 6.07) is 6.04. The van der Waals surface area contributed by atoms with Gasteiger partial charge in [-0.15, -0.1) is 11.8 Å². The maximum absolute atomic E-state index is 13.3. The van der Waals surface area contributed by atoms with Crippen LogP contribution in [0.1, 0.15) is 0 Å². The van der Waals surface area contributed by atoms with Crippen LogP contribution in [0.15, 0.2) is 29.2 Å². The zero-order valence-corrected chi connectivity index (χ0v) is 11.2. The first kappa shape index (κ1) is 16.0. The molecule has 0 saturated carbocycles. The van der Waals surface area contributed by atoms with Crippen LogP contribution in [0, 0.1) is 5.82 Å². The van der Waals surface area contributed by atoms with Crippen LogP contribution in [0.4, 0.5) is 4.39 Å². The highest BCUT2D eigenvalue weighted by Gasteiger charge is 2.08. The Morgan fingerprint density at radius 1 is 1.10 bits per heavy atom. The third-order valence-corrected chi connectivity index (χ3v) is 3.13. The molecule has 0 aliphatic rings. The lowest BCUT2D eigenvalue weighted by Gasteiger charge is -2.05. The molecule has 0 bridgehead atoms. The van der Waals surface area contributed by atoms with Crippen LogP contribution in [0.25, 0.3) is 0 Å². The Kier molecular flexibility index (Phi) is 6.51. The summed E-state index contributed by atoms with van der Waals surface area (Å²) < 4.78 is 13.3. The molecule has 0 spiro atoms. The lowest BCUT2D eigenvalue weighted by molar-refractivity contribution is -0.137. The highest BCUT2D eigenvalue weighted by atomic mass is 32.2. The summed E-state index contributed by atoms with van der Waals surface area (Å²) in [7, 11) is 0. The monoisotopic (exact) mass is 300 g/mol. The van der Waals surface area contributed by atoms with E-state index in [4.69, 9.17) is 5.11 Å². The first-order chi connectivity index (χ1) is 9.49. The standard InChI is InChI=1S/C12H13FN2O4S/c13-8-3-1-2-4-9(8)20-7-11(17)14-5-10(16)15-6-12(18)19/h1-4H,5-7H2,(H,14,17)(H,15,16)(H,18,19). The molecular weight excluding hydrogens is 287 g/mol. The van der Waals surface area contributed by atoms with Gasteiger partial charge in [-0.05, 0) is 12.1 Å². The minimum atomic E-state index is -1.17. The summed E-state index contributed by atoms with van der Waals surface area (Å²) in [5.41, 5.74) is 0. The predicted molar refractivity (Wildman–Crippen MR) is 70.8 cm³/mol. The predicted octanol–water partition coefficient (Wildman–Crippen LogP) is 0.235. The molecule has 0 atom stereocenters. The van der Waals surface area contributed by atoms with E-state index in [2.05, 4.69) is 10.6 Å². The van der Waals surface area contributed by atoms with Crippen LogP contribution in [0.5, 0.6) is 0 Å². The molecule has 0 radical (unpaired) electrons. The number of thioether (sulfide) groups is 1. The van der Waals surface area contributed by atoms with Gasteiger partial charge in [-0.1, -0.05) is 12.1 Å². The molecule has 1 aromatic carbocycles. The van der Waals surface area contributed by atoms with E-state index in [0.717, 1.165) is 11.8 Å². The van der Waals surface area contributed by atoms with Crippen LogP contribution in [0.2, 0.25) is 0 Å². The van der Waals surface area contributed by atoms with Gasteiger partial charge in [0, 0.05) is 4.90 Å². The molecule has 1 aromatic rings. The van der Waals surface area contributed by atoms with Crippen molar-refractivity contribution in [3.63, 3.8) is 0 Å². The Morgan fingerprint density at radius 3 is 2.40 bits per heavy atom. The molecule has 1 rings (SSSR count). The summed E-state index contributed by atoms with van der Waals surface area (Å²) in [5, 5.41) is 12.7. The van der Waals surface area contributed by atoms with E-state index in [1.54, 1.807) is 18.2 Å². The second kappa shape index (κ2) is 8.16. The van der Waals surface area contributed by atoms with Crippen molar-refractivity contribution in [2.75, 3.05) is 18.8 Å². The van der Waals surface area contributed by atoms with Gasteiger partial charge < -0.3 is 15.7 Å². The lowest BCUT2D eigenvalue weighted by Crippen LogP contribution is -2.39. The minimum absolute atomic E-state index is 0.0346. The van der Waals surface area contributed by atoms with Crippen LogP contribution in [-0.2, 0) is 14.4 Å². The molecule has 0 saturated heterocycles. The molecule has 0 aliphatic carbocycles. The Morgan fingerprint density at radius 2 is 1.75 bits per heavy atom. The van der Waals surface area contributed by atoms with E-state index >= 15 is 0 Å². The first-order valence-electron chi connectivity index (χ1n) is 5.61. The Balaban J connectivity index is 2.25. The highest BCUT2D eigenvalue weighted by molar-refractivity contribution is 8.00. The maximum Gasteiger partial charge on any atom is 0.322 e. The molecule has 8 heteroatoms. The Hall–Kier alpha value is -2.09. The SMILES string of the molecule is O=C(O)CNC(=O)CNC(=O)CSc1ccccc1F. The van der Waals surface area contributed by atoms with Gasteiger partial charge in [-0.25, -0.2) is 4.39 Å². The van der Waals surface area contributed by atoms with Crippen molar-refractivity contribution < 1.29 is 23.9 Å². The largest absolute Gasteiger partial charge is 0.480 e. The minimum Gasteiger partial charge on any atom is -0.480 e. The number of aliphatic carboxylic acids is 1. The van der Waals surface area contributed by atoms with E-state index in [-0.39, 0.29) is 12.3 Å². The quantitative estimate of drug-likeness (QED) is 0.627. The third-order valence-electron chi connectivity index (χ3n) is 2.08. The number of carbonyl (C=O) groups is 3. The molecule has 0 aliphatic heterocycles. The summed E-state index contributed by atoms with van der Waals surface area (Å²) in [4.78, 5) is 33.1. The van der Waals surface area contributed by atoms with E-state index in [9.17, 15) is 18.8 Å². The van der Waals surface area contributed by atoms with E-state index in [0.29, 0.717) is 4.90 Å². The van der Waals surface area contributed by atoms with Crippen molar-refractivity contribution in [1.29, 1.82) is 0 Å². The molecule has 2 amide bonds. The number of hydrogen-bond donors (Lipinski definition) is 3. The molecule has 6 nitrogen and oxygen atoms in total. The van der Waals surface area contributed by atoms with Crippen molar-refractivity contribution in [2.24, 2.45) is 0 Å². The lowest BCUT2D eigenvalue weighted by atomic mass is 10.3. The fourth-order valence-corrected chi connectivity index (χ4v) is 1.94. The van der Waals surface area contributed by atoms with E-state index in [1.165, 1.54) is 6.07 Å². The van der Waals surface area contributed by atoms with Crippen molar-refractivity contribution in [2.45, 2.75) is 4.90 Å². The van der Waals surface area contributed by atoms with Gasteiger partial charge in [0.25, 0.3) is 0 Å². The fourth-order valence-electron chi connectivity index (χ4n) is 1.17. The number of hydrogen-bond acceptors (Lipinski definition) is 4. The molecule has 108 valence electrons. The number of benzene rings is 1. The third kappa shape index (κ3) is 6.19. The number of halogens is 1. The van der Waals surface area contributed by atoms with Crippen LogP contribution in [-0.4, -0.2) is 41.7 Å². The zero-order valence-electron chi connectivity index (χ0n) is 10.4. The highest BCUT2D eigenvalue weighted by Crippen LogP contribution is 2.20. The maximum atomic E-state index is 13.3. The smallest absolute Gasteiger partial charge is 0.322 e. The van der Waals surface area contributed by atoms with Gasteiger partial charge in [0.05, 0.1) is 12.3 Å². The second-order valence-electron chi connectivity index (χ2n) is 3.67. The first-order valence-corrected chi connectivity index (χ1v) is 6.60. The molecule has 0 fully saturated rings. The molecule has 0 unspecified atom stereocenters. The van der Waals surface area contributed by atoms with E-state index < -0.39 is 30.1 Å². The number of carboxylic acid groups (broad SMARTS) is 1. The summed E-state index contributed by atoms with van der Waals surface area (Å²) >= 11 is 1.01. The second-order valence-corrected chi connectivity index (χ2v) is 4.68. The average Bonchev–Trinajstić information content (AvgIpc) is 2.42. The van der Waals surface area contributed by atoms with Gasteiger partial charge in [0.15, 0.2) is 0 Å². The molecule has 0 heterocycles. The van der Waals surface area contributed by atoms with Gasteiger partial charge >= 0.3 is 5.97 Å². The Labute approximate surface area is 118 Å². The number of rotatable bonds is 7. The zero-order chi connectivity index (χ0) is 15.0. The summed E-state index contributed by atoms with van der Waals surface area (Å²) in [6.07, 6.45) is 0. The van der Waals surface area contributed by atoms with Crippen LogP contribution in [0.3, 0.4) is 0 Å². The van der Waals surface area contributed by atoms with Crippen molar-refractivity contribution in [3.8, 4) is 0 Å². The average molecular weight is 300 g/mol. The normalized spacial score (nSPS) is 9.85. The number of carbonyl (C=O) groups excluding carboxylic acids is 2. The molecule has 20 heavy (non-hydrogen) atoms. The van der Waals surface area contributed by atoms with Gasteiger partial charge in [-0.3, -0.25) is 14.4 Å². The van der Waals surface area contributed by atoms with Crippen LogP contribution >= 0.6 is 11.8 Å². The van der Waals surface area contributed by atoms with Crippen LogP contribution < -0.4 is 10.6 Å². The Bertz CT molecular complexity index is 510. The van der Waals surface area contributed by atoms with Crippen molar-refractivity contribution >= 4 is 29.5 Å². The summed E-state index contributed by atoms with van der Waals surface area (Å²) in [6.45, 7) is -0.817. The topological polar surface area (TPSA) is 95.5 Å². The summed E-state index contributed by atoms with van der Waals surface area (Å²) in [5.74, 6) is -2.66. The number of carboxylic acids is 1. The van der Waals surface area contributed by atoms with Gasteiger partial charge in [0.1, 0.15) is 12.4 Å². The van der Waals surface area contributed by atoms with Crippen molar-refractivity contribution in [1.82, 2.24) is 10.6 Å².